The van der Waals surface area contributed by atoms with Crippen molar-refractivity contribution in [2.24, 2.45) is 0 Å². The molecule has 0 saturated carbocycles. The fraction of sp³-hybridized carbons (Fsp3) is 0.562. The summed E-state index contributed by atoms with van der Waals surface area (Å²) in [5, 5.41) is 3.74. The lowest BCUT2D eigenvalue weighted by atomic mass is 9.91. The second-order valence-corrected chi connectivity index (χ2v) is 6.97. The maximum absolute atomic E-state index is 11.3. The van der Waals surface area contributed by atoms with Gasteiger partial charge in [-0.2, -0.15) is 0 Å². The zero-order chi connectivity index (χ0) is 14.8. The number of hydrogen-bond donors (Lipinski definition) is 1. The first kappa shape index (κ1) is 15.5. The minimum Gasteiger partial charge on any atom is -0.343 e. The van der Waals surface area contributed by atoms with Gasteiger partial charge in [0, 0.05) is 36.1 Å². The molecule has 1 aromatic carbocycles. The SMILES string of the molecule is CC(=O)N1CCC(NC(C)(C)c2ccc(Br)cc2)CC1. The molecule has 0 bridgehead atoms. The molecule has 2 rings (SSSR count). The van der Waals surface area contributed by atoms with Gasteiger partial charge in [0.2, 0.25) is 5.91 Å². The zero-order valence-electron chi connectivity index (χ0n) is 12.4. The van der Waals surface area contributed by atoms with E-state index in [-0.39, 0.29) is 11.4 Å². The summed E-state index contributed by atoms with van der Waals surface area (Å²) in [7, 11) is 0. The van der Waals surface area contributed by atoms with Crippen LogP contribution in [0.1, 0.15) is 39.2 Å². The third-order valence-corrected chi connectivity index (χ3v) is 4.60. The fourth-order valence-electron chi connectivity index (χ4n) is 2.80. The molecular weight excluding hydrogens is 316 g/mol. The normalized spacial score (nSPS) is 17.3. The summed E-state index contributed by atoms with van der Waals surface area (Å²) < 4.78 is 1.10. The Hall–Kier alpha value is -0.870. The second-order valence-electron chi connectivity index (χ2n) is 6.06. The van der Waals surface area contributed by atoms with Gasteiger partial charge in [0.1, 0.15) is 0 Å². The van der Waals surface area contributed by atoms with Gasteiger partial charge >= 0.3 is 0 Å². The molecule has 0 unspecified atom stereocenters. The molecule has 1 amide bonds. The van der Waals surface area contributed by atoms with Crippen LogP contribution < -0.4 is 5.32 Å². The molecule has 0 spiro atoms. The number of carbonyl (C=O) groups is 1. The molecule has 3 nitrogen and oxygen atoms in total. The van der Waals surface area contributed by atoms with E-state index in [1.165, 1.54) is 5.56 Å². The van der Waals surface area contributed by atoms with Crippen LogP contribution in [0.25, 0.3) is 0 Å². The van der Waals surface area contributed by atoms with Crippen LogP contribution in [0.5, 0.6) is 0 Å². The average molecular weight is 339 g/mol. The van der Waals surface area contributed by atoms with Crippen LogP contribution in [0, 0.1) is 0 Å². The van der Waals surface area contributed by atoms with Crippen LogP contribution in [0.3, 0.4) is 0 Å². The molecule has 1 aliphatic heterocycles. The van der Waals surface area contributed by atoms with Gasteiger partial charge in [-0.15, -0.1) is 0 Å². The lowest BCUT2D eigenvalue weighted by Crippen LogP contribution is -2.50. The van der Waals surface area contributed by atoms with Crippen molar-refractivity contribution >= 4 is 21.8 Å². The van der Waals surface area contributed by atoms with Crippen LogP contribution in [0.2, 0.25) is 0 Å². The predicted octanol–water partition coefficient (Wildman–Crippen LogP) is 3.28. The summed E-state index contributed by atoms with van der Waals surface area (Å²) in [6.07, 6.45) is 2.05. The Balaban J connectivity index is 1.95. The van der Waals surface area contributed by atoms with E-state index in [0.29, 0.717) is 6.04 Å². The van der Waals surface area contributed by atoms with E-state index in [1.807, 2.05) is 4.90 Å². The van der Waals surface area contributed by atoms with Crippen molar-refractivity contribution in [3.63, 3.8) is 0 Å². The zero-order valence-corrected chi connectivity index (χ0v) is 14.0. The number of hydrogen-bond acceptors (Lipinski definition) is 2. The average Bonchev–Trinajstić information content (AvgIpc) is 2.39. The van der Waals surface area contributed by atoms with Gasteiger partial charge in [0.25, 0.3) is 0 Å². The van der Waals surface area contributed by atoms with Crippen molar-refractivity contribution in [2.75, 3.05) is 13.1 Å². The molecule has 4 heteroatoms. The van der Waals surface area contributed by atoms with Crippen molar-refractivity contribution in [3.05, 3.63) is 34.3 Å². The van der Waals surface area contributed by atoms with Crippen LogP contribution in [-0.2, 0) is 10.3 Å². The molecule has 1 N–H and O–H groups in total. The van der Waals surface area contributed by atoms with Gasteiger partial charge in [-0.05, 0) is 44.4 Å². The lowest BCUT2D eigenvalue weighted by Gasteiger charge is -2.37. The molecule has 1 aliphatic rings. The van der Waals surface area contributed by atoms with Crippen molar-refractivity contribution < 1.29 is 4.79 Å². The molecular formula is C16H23BrN2O. The van der Waals surface area contributed by atoms with E-state index in [1.54, 1.807) is 6.92 Å². The number of piperidine rings is 1. The molecule has 0 aromatic heterocycles. The molecule has 0 radical (unpaired) electrons. The number of benzene rings is 1. The molecule has 1 heterocycles. The van der Waals surface area contributed by atoms with Gasteiger partial charge < -0.3 is 10.2 Å². The monoisotopic (exact) mass is 338 g/mol. The highest BCUT2D eigenvalue weighted by atomic mass is 79.9. The van der Waals surface area contributed by atoms with Gasteiger partial charge in [-0.1, -0.05) is 28.1 Å². The minimum atomic E-state index is -0.0518. The third-order valence-electron chi connectivity index (χ3n) is 4.07. The quantitative estimate of drug-likeness (QED) is 0.917. The summed E-state index contributed by atoms with van der Waals surface area (Å²) in [5.41, 5.74) is 1.23. The Kier molecular flexibility index (Phi) is 4.86. The molecule has 20 heavy (non-hydrogen) atoms. The van der Waals surface area contributed by atoms with Crippen LogP contribution in [0.15, 0.2) is 28.7 Å². The van der Waals surface area contributed by atoms with Gasteiger partial charge in [-0.25, -0.2) is 0 Å². The standard InChI is InChI=1S/C16H23BrN2O/c1-12(20)19-10-8-15(9-11-19)18-16(2,3)13-4-6-14(17)7-5-13/h4-7,15,18H,8-11H2,1-3H3. The molecule has 0 aliphatic carbocycles. The van der Waals surface area contributed by atoms with Crippen LogP contribution in [-0.4, -0.2) is 29.9 Å². The Morgan fingerprint density at radius 3 is 2.30 bits per heavy atom. The summed E-state index contributed by atoms with van der Waals surface area (Å²) >= 11 is 3.47. The van der Waals surface area contributed by atoms with Gasteiger partial charge in [0.15, 0.2) is 0 Å². The van der Waals surface area contributed by atoms with E-state index < -0.39 is 0 Å². The lowest BCUT2D eigenvalue weighted by molar-refractivity contribution is -0.129. The third kappa shape index (κ3) is 3.83. The van der Waals surface area contributed by atoms with E-state index >= 15 is 0 Å². The number of carbonyl (C=O) groups excluding carboxylic acids is 1. The van der Waals surface area contributed by atoms with E-state index in [0.717, 1.165) is 30.4 Å². The predicted molar refractivity (Wildman–Crippen MR) is 85.6 cm³/mol. The minimum absolute atomic E-state index is 0.0518. The Morgan fingerprint density at radius 2 is 1.80 bits per heavy atom. The molecule has 1 fully saturated rings. The number of nitrogens with zero attached hydrogens (tertiary/aromatic N) is 1. The Bertz CT molecular complexity index is 462. The fourth-order valence-corrected chi connectivity index (χ4v) is 3.06. The molecule has 1 aromatic rings. The highest BCUT2D eigenvalue weighted by Gasteiger charge is 2.27. The highest BCUT2D eigenvalue weighted by Crippen LogP contribution is 2.24. The highest BCUT2D eigenvalue weighted by molar-refractivity contribution is 9.10. The van der Waals surface area contributed by atoms with Crippen molar-refractivity contribution in [1.82, 2.24) is 10.2 Å². The molecule has 1 saturated heterocycles. The Morgan fingerprint density at radius 1 is 1.25 bits per heavy atom. The number of halogens is 1. The van der Waals surface area contributed by atoms with Crippen molar-refractivity contribution in [1.29, 1.82) is 0 Å². The Labute approximate surface area is 129 Å². The van der Waals surface area contributed by atoms with Gasteiger partial charge in [-0.3, -0.25) is 4.79 Å². The number of nitrogens with one attached hydrogen (secondary N) is 1. The van der Waals surface area contributed by atoms with Crippen molar-refractivity contribution in [2.45, 2.75) is 45.2 Å². The number of rotatable bonds is 3. The summed E-state index contributed by atoms with van der Waals surface area (Å²) in [5.74, 6) is 0.190. The first-order valence-electron chi connectivity index (χ1n) is 7.18. The molecule has 0 atom stereocenters. The second kappa shape index (κ2) is 6.27. The molecule has 110 valence electrons. The first-order chi connectivity index (χ1) is 9.38. The van der Waals surface area contributed by atoms with E-state index in [4.69, 9.17) is 0 Å². The maximum Gasteiger partial charge on any atom is 0.219 e. The van der Waals surface area contributed by atoms with Crippen LogP contribution >= 0.6 is 15.9 Å². The smallest absolute Gasteiger partial charge is 0.219 e. The van der Waals surface area contributed by atoms with E-state index in [2.05, 4.69) is 59.4 Å². The topological polar surface area (TPSA) is 32.3 Å². The summed E-state index contributed by atoms with van der Waals surface area (Å²) in [6, 6.07) is 8.95. The van der Waals surface area contributed by atoms with Crippen LogP contribution in [0.4, 0.5) is 0 Å². The number of likely N-dealkylation sites (tertiary alicyclic amines) is 1. The van der Waals surface area contributed by atoms with Crippen molar-refractivity contribution in [3.8, 4) is 0 Å². The first-order valence-corrected chi connectivity index (χ1v) is 7.97. The summed E-state index contributed by atoms with van der Waals surface area (Å²) in [6.45, 7) is 7.81. The summed E-state index contributed by atoms with van der Waals surface area (Å²) in [4.78, 5) is 13.3. The maximum atomic E-state index is 11.3. The number of amides is 1. The van der Waals surface area contributed by atoms with Gasteiger partial charge in [0.05, 0.1) is 0 Å². The largest absolute Gasteiger partial charge is 0.343 e. The van der Waals surface area contributed by atoms with E-state index in [9.17, 15) is 4.79 Å².